The second-order valence-electron chi connectivity index (χ2n) is 3.62. The highest BCUT2D eigenvalue weighted by Gasteiger charge is 2.13. The van der Waals surface area contributed by atoms with Gasteiger partial charge in [-0.2, -0.15) is 0 Å². The van der Waals surface area contributed by atoms with Crippen LogP contribution in [0.1, 0.15) is 16.1 Å². The second-order valence-corrected chi connectivity index (χ2v) is 3.62. The molecule has 2 aromatic rings. The fraction of sp³-hybridized carbons (Fsp3) is 0.0833. The Bertz CT molecular complexity index is 544. The second kappa shape index (κ2) is 4.87. The molecule has 0 spiro atoms. The first-order valence-corrected chi connectivity index (χ1v) is 5.13. The minimum atomic E-state index is -0.960. The first-order valence-electron chi connectivity index (χ1n) is 5.13. The monoisotopic (exact) mass is 252 g/mol. The van der Waals surface area contributed by atoms with Crippen LogP contribution >= 0.6 is 0 Å². The molecule has 0 atom stereocenters. The molecule has 0 saturated heterocycles. The number of hydrogen-bond donors (Lipinski definition) is 2. The van der Waals surface area contributed by atoms with Crippen molar-refractivity contribution in [1.29, 1.82) is 0 Å². The van der Waals surface area contributed by atoms with E-state index < -0.39 is 23.2 Å². The molecule has 0 bridgehead atoms. The van der Waals surface area contributed by atoms with Crippen molar-refractivity contribution in [3.63, 3.8) is 0 Å². The first-order chi connectivity index (χ1) is 8.58. The minimum absolute atomic E-state index is 0.134. The molecule has 1 heterocycles. The largest absolute Gasteiger partial charge is 0.467 e. The molecule has 0 aliphatic heterocycles. The number of amides is 1. The zero-order chi connectivity index (χ0) is 13.1. The molecule has 0 fully saturated rings. The summed E-state index contributed by atoms with van der Waals surface area (Å²) < 4.78 is 31.3. The van der Waals surface area contributed by atoms with Gasteiger partial charge in [-0.25, -0.2) is 8.78 Å². The third-order valence-electron chi connectivity index (χ3n) is 2.34. The molecule has 6 heteroatoms. The van der Waals surface area contributed by atoms with Crippen LogP contribution in [0.4, 0.5) is 14.5 Å². The van der Waals surface area contributed by atoms with Gasteiger partial charge in [0.1, 0.15) is 23.1 Å². The van der Waals surface area contributed by atoms with Crippen LogP contribution in [-0.4, -0.2) is 5.91 Å². The molecule has 0 saturated carbocycles. The molecule has 94 valence electrons. The van der Waals surface area contributed by atoms with Crippen molar-refractivity contribution in [2.24, 2.45) is 0 Å². The minimum Gasteiger partial charge on any atom is -0.467 e. The lowest BCUT2D eigenvalue weighted by molar-refractivity contribution is 0.0947. The Hall–Kier alpha value is -2.37. The third-order valence-corrected chi connectivity index (χ3v) is 2.34. The van der Waals surface area contributed by atoms with Crippen molar-refractivity contribution >= 4 is 11.6 Å². The van der Waals surface area contributed by atoms with Crippen LogP contribution in [0.2, 0.25) is 0 Å². The fourth-order valence-corrected chi connectivity index (χ4v) is 1.40. The Morgan fingerprint density at radius 3 is 2.56 bits per heavy atom. The van der Waals surface area contributed by atoms with Crippen LogP contribution in [-0.2, 0) is 6.54 Å². The topological polar surface area (TPSA) is 68.3 Å². The van der Waals surface area contributed by atoms with E-state index >= 15 is 0 Å². The summed E-state index contributed by atoms with van der Waals surface area (Å²) >= 11 is 0. The molecule has 3 N–H and O–H groups in total. The fourth-order valence-electron chi connectivity index (χ4n) is 1.40. The maximum atomic E-state index is 13.2. The lowest BCUT2D eigenvalue weighted by atomic mass is 10.1. The highest BCUT2D eigenvalue weighted by Crippen LogP contribution is 2.17. The lowest BCUT2D eigenvalue weighted by Crippen LogP contribution is -2.23. The van der Waals surface area contributed by atoms with Crippen LogP contribution in [0.25, 0.3) is 0 Å². The van der Waals surface area contributed by atoms with Gasteiger partial charge in [-0.3, -0.25) is 4.79 Å². The van der Waals surface area contributed by atoms with E-state index in [4.69, 9.17) is 10.2 Å². The molecule has 0 unspecified atom stereocenters. The summed E-state index contributed by atoms with van der Waals surface area (Å²) in [6.45, 7) is 0.138. The molecular formula is C12H10F2N2O2. The van der Waals surface area contributed by atoms with Gasteiger partial charge in [0.05, 0.1) is 12.8 Å². The Labute approximate surface area is 101 Å². The summed E-state index contributed by atoms with van der Waals surface area (Å²) in [6.07, 6.45) is 1.46. The van der Waals surface area contributed by atoms with Crippen molar-refractivity contribution in [1.82, 2.24) is 5.32 Å². The summed E-state index contributed by atoms with van der Waals surface area (Å²) in [7, 11) is 0. The van der Waals surface area contributed by atoms with E-state index in [1.54, 1.807) is 12.1 Å². The van der Waals surface area contributed by atoms with Gasteiger partial charge in [-0.1, -0.05) is 0 Å². The summed E-state index contributed by atoms with van der Waals surface area (Å²) in [5, 5.41) is 2.47. The van der Waals surface area contributed by atoms with E-state index in [0.717, 1.165) is 12.1 Å². The first kappa shape index (κ1) is 12.1. The quantitative estimate of drug-likeness (QED) is 0.821. The van der Waals surface area contributed by atoms with Crippen molar-refractivity contribution < 1.29 is 18.0 Å². The van der Waals surface area contributed by atoms with E-state index in [1.165, 1.54) is 6.26 Å². The third kappa shape index (κ3) is 2.48. The van der Waals surface area contributed by atoms with E-state index in [-0.39, 0.29) is 12.1 Å². The molecule has 0 radical (unpaired) electrons. The van der Waals surface area contributed by atoms with Gasteiger partial charge in [0.25, 0.3) is 5.91 Å². The number of nitrogens with one attached hydrogen (secondary N) is 1. The average Bonchev–Trinajstić information content (AvgIpc) is 2.85. The smallest absolute Gasteiger partial charge is 0.251 e. The summed E-state index contributed by atoms with van der Waals surface area (Å²) in [6, 6.07) is 5.11. The Morgan fingerprint density at radius 2 is 2.00 bits per heavy atom. The van der Waals surface area contributed by atoms with Gasteiger partial charge in [-0.15, -0.1) is 0 Å². The predicted molar refractivity (Wildman–Crippen MR) is 60.6 cm³/mol. The van der Waals surface area contributed by atoms with Crippen molar-refractivity contribution in [2.75, 3.05) is 5.73 Å². The number of nitrogens with two attached hydrogens (primary N) is 1. The Balaban J connectivity index is 2.09. The molecule has 1 aromatic carbocycles. The van der Waals surface area contributed by atoms with Gasteiger partial charge in [0.15, 0.2) is 0 Å². The van der Waals surface area contributed by atoms with Crippen LogP contribution in [0.15, 0.2) is 34.9 Å². The van der Waals surface area contributed by atoms with Crippen LogP contribution in [0.3, 0.4) is 0 Å². The highest BCUT2D eigenvalue weighted by atomic mass is 19.1. The van der Waals surface area contributed by atoms with E-state index in [0.29, 0.717) is 5.76 Å². The maximum Gasteiger partial charge on any atom is 0.251 e. The summed E-state index contributed by atoms with van der Waals surface area (Å²) in [4.78, 5) is 11.6. The van der Waals surface area contributed by atoms with E-state index in [9.17, 15) is 13.6 Å². The van der Waals surface area contributed by atoms with Gasteiger partial charge in [0.2, 0.25) is 0 Å². The number of nitrogen functional groups attached to an aromatic ring is 1. The number of furan rings is 1. The van der Waals surface area contributed by atoms with E-state index in [2.05, 4.69) is 5.32 Å². The molecule has 0 aliphatic carbocycles. The lowest BCUT2D eigenvalue weighted by Gasteiger charge is -2.05. The van der Waals surface area contributed by atoms with Gasteiger partial charge < -0.3 is 15.5 Å². The Kier molecular flexibility index (Phi) is 3.27. The Morgan fingerprint density at radius 1 is 1.33 bits per heavy atom. The number of rotatable bonds is 3. The van der Waals surface area contributed by atoms with Crippen molar-refractivity contribution in [3.8, 4) is 0 Å². The van der Waals surface area contributed by atoms with Gasteiger partial charge in [0, 0.05) is 5.56 Å². The average molecular weight is 252 g/mol. The van der Waals surface area contributed by atoms with Crippen molar-refractivity contribution in [2.45, 2.75) is 6.54 Å². The summed E-state index contributed by atoms with van der Waals surface area (Å²) in [5.74, 6) is -1.99. The van der Waals surface area contributed by atoms with Crippen LogP contribution < -0.4 is 11.1 Å². The van der Waals surface area contributed by atoms with Crippen LogP contribution in [0, 0.1) is 11.6 Å². The number of hydrogen-bond acceptors (Lipinski definition) is 3. The van der Waals surface area contributed by atoms with E-state index in [1.807, 2.05) is 0 Å². The van der Waals surface area contributed by atoms with Crippen molar-refractivity contribution in [3.05, 3.63) is 53.5 Å². The van der Waals surface area contributed by atoms with Gasteiger partial charge >= 0.3 is 0 Å². The number of halogens is 2. The standard InChI is InChI=1S/C12H10F2N2O2/c13-9-4-7(5-10(14)11(9)15)12(17)16-6-8-2-1-3-18-8/h1-5H,6,15H2,(H,16,17). The zero-order valence-corrected chi connectivity index (χ0v) is 9.24. The molecule has 1 aromatic heterocycles. The highest BCUT2D eigenvalue weighted by molar-refractivity contribution is 5.94. The number of carbonyl (C=O) groups is 1. The van der Waals surface area contributed by atoms with Crippen LogP contribution in [0.5, 0.6) is 0 Å². The SMILES string of the molecule is Nc1c(F)cc(C(=O)NCc2ccco2)cc1F. The molecule has 1 amide bonds. The normalized spacial score (nSPS) is 10.3. The molecular weight excluding hydrogens is 242 g/mol. The maximum absolute atomic E-state index is 13.2. The molecule has 2 rings (SSSR count). The van der Waals surface area contributed by atoms with Gasteiger partial charge in [-0.05, 0) is 24.3 Å². The predicted octanol–water partition coefficient (Wildman–Crippen LogP) is 2.07. The number of anilines is 1. The number of benzene rings is 1. The molecule has 0 aliphatic rings. The number of carbonyl (C=O) groups excluding carboxylic acids is 1. The zero-order valence-electron chi connectivity index (χ0n) is 9.24. The molecule has 4 nitrogen and oxygen atoms in total. The summed E-state index contributed by atoms with van der Waals surface area (Å²) in [5.41, 5.74) is 4.37. The molecule has 18 heavy (non-hydrogen) atoms.